The van der Waals surface area contributed by atoms with Gasteiger partial charge in [0.2, 0.25) is 5.95 Å². The van der Waals surface area contributed by atoms with Crippen LogP contribution in [0.2, 0.25) is 0 Å². The van der Waals surface area contributed by atoms with Gasteiger partial charge in [0.05, 0.1) is 23.3 Å². The van der Waals surface area contributed by atoms with Gasteiger partial charge in [-0.15, -0.1) is 0 Å². The molecule has 4 N–H and O–H groups in total. The molecule has 0 bridgehead atoms. The number of halogens is 1. The summed E-state index contributed by atoms with van der Waals surface area (Å²) >= 11 is 1.43. The van der Waals surface area contributed by atoms with E-state index in [0.717, 1.165) is 38.3 Å². The zero-order chi connectivity index (χ0) is 26.6. The van der Waals surface area contributed by atoms with Crippen molar-refractivity contribution in [2.24, 2.45) is 0 Å². The predicted octanol–water partition coefficient (Wildman–Crippen LogP) is 6.42. The fourth-order valence-corrected chi connectivity index (χ4v) is 5.13. The minimum atomic E-state index is -0.957. The Bertz CT molecular complexity index is 1540. The Balaban J connectivity index is 1.24. The molecule has 3 aromatic carbocycles. The van der Waals surface area contributed by atoms with Crippen LogP contribution >= 0.6 is 11.5 Å². The van der Waals surface area contributed by atoms with Crippen molar-refractivity contribution >= 4 is 40.2 Å². The minimum absolute atomic E-state index is 0.291. The highest BCUT2D eigenvalue weighted by Gasteiger charge is 2.20. The first-order valence-electron chi connectivity index (χ1n) is 12.4. The van der Waals surface area contributed by atoms with E-state index in [0.29, 0.717) is 36.6 Å². The van der Waals surface area contributed by atoms with Crippen LogP contribution in [0, 0.1) is 12.7 Å². The Morgan fingerprint density at radius 1 is 1.13 bits per heavy atom. The number of anilines is 2. The number of aryl methyl sites for hydroxylation is 2. The van der Waals surface area contributed by atoms with E-state index in [2.05, 4.69) is 25.0 Å². The second-order valence-electron chi connectivity index (χ2n) is 9.18. The summed E-state index contributed by atoms with van der Waals surface area (Å²) in [6.45, 7) is 4.31. The fourth-order valence-electron chi connectivity index (χ4n) is 4.46. The van der Waals surface area contributed by atoms with Crippen LogP contribution in [0.4, 0.5) is 16.0 Å². The molecule has 5 rings (SSSR count). The summed E-state index contributed by atoms with van der Waals surface area (Å²) in [5.41, 5.74) is 6.75. The molecular formula is C29H28FN5O2S. The van der Waals surface area contributed by atoms with E-state index in [1.807, 2.05) is 61.5 Å². The zero-order valence-corrected chi connectivity index (χ0v) is 21.9. The number of para-hydroxylation sites is 2. The monoisotopic (exact) mass is 529 g/mol. The van der Waals surface area contributed by atoms with Gasteiger partial charge in [0.15, 0.2) is 0 Å². The van der Waals surface area contributed by atoms with Crippen LogP contribution in [0.3, 0.4) is 0 Å². The van der Waals surface area contributed by atoms with E-state index < -0.39 is 12.0 Å². The van der Waals surface area contributed by atoms with Crippen molar-refractivity contribution < 1.29 is 14.3 Å². The maximum absolute atomic E-state index is 13.8. The summed E-state index contributed by atoms with van der Waals surface area (Å²) in [4.78, 5) is 20.9. The maximum atomic E-state index is 13.8. The van der Waals surface area contributed by atoms with E-state index in [4.69, 9.17) is 0 Å². The summed E-state index contributed by atoms with van der Waals surface area (Å²) < 4.78 is 18.4. The number of hydrogen-bond acceptors (Lipinski definition) is 6. The van der Waals surface area contributed by atoms with Crippen LogP contribution in [-0.4, -0.2) is 31.5 Å². The predicted molar refractivity (Wildman–Crippen MR) is 150 cm³/mol. The molecule has 1 unspecified atom stereocenters. The molecule has 0 aliphatic carbocycles. The van der Waals surface area contributed by atoms with E-state index in [-0.39, 0.29) is 5.82 Å². The Morgan fingerprint density at radius 3 is 2.66 bits per heavy atom. The number of nitrogens with one attached hydrogen (secondary N) is 3. The number of aromatic amines is 1. The maximum Gasteiger partial charge on any atom is 0.326 e. The third-order valence-electron chi connectivity index (χ3n) is 6.45. The molecule has 0 spiro atoms. The molecule has 2 heterocycles. The van der Waals surface area contributed by atoms with Crippen LogP contribution in [0.15, 0.2) is 66.7 Å². The van der Waals surface area contributed by atoms with Crippen molar-refractivity contribution in [2.75, 3.05) is 10.6 Å². The van der Waals surface area contributed by atoms with Gasteiger partial charge in [0.25, 0.3) is 0 Å². The number of rotatable bonds is 10. The molecule has 0 aliphatic heterocycles. The summed E-state index contributed by atoms with van der Waals surface area (Å²) in [6.07, 6.45) is 0.894. The standard InChI is InChI=1S/C29H28FN5O2S/c1-3-19-14-21(30)12-17(2)27(19)32-26(28(36)37)13-18-8-10-20(11-9-18)25-15-22(38-35-25)16-31-29-33-23-6-4-5-7-24(23)34-29/h4-12,14-15,26,32H,3,13,16H2,1-2H3,(H,36,37)(H2,31,33,34). The Kier molecular flexibility index (Phi) is 7.37. The lowest BCUT2D eigenvalue weighted by atomic mass is 10.0. The number of hydrogen-bond donors (Lipinski definition) is 4. The molecule has 0 amide bonds. The molecule has 2 aromatic heterocycles. The number of carbonyl (C=O) groups is 1. The summed E-state index contributed by atoms with van der Waals surface area (Å²) in [6, 6.07) is 19.7. The third-order valence-corrected chi connectivity index (χ3v) is 7.23. The molecule has 7 nitrogen and oxygen atoms in total. The quantitative estimate of drug-likeness (QED) is 0.167. The summed E-state index contributed by atoms with van der Waals surface area (Å²) in [7, 11) is 0. The van der Waals surface area contributed by atoms with Crippen molar-refractivity contribution in [1.82, 2.24) is 14.3 Å². The molecule has 1 atom stereocenters. The van der Waals surface area contributed by atoms with Gasteiger partial charge in [-0.3, -0.25) is 0 Å². The van der Waals surface area contributed by atoms with Crippen LogP contribution in [-0.2, 0) is 24.2 Å². The van der Waals surface area contributed by atoms with Crippen molar-refractivity contribution in [2.45, 2.75) is 39.3 Å². The van der Waals surface area contributed by atoms with Crippen molar-refractivity contribution in [1.29, 1.82) is 0 Å². The third kappa shape index (κ3) is 5.68. The highest BCUT2D eigenvalue weighted by molar-refractivity contribution is 7.06. The van der Waals surface area contributed by atoms with Gasteiger partial charge in [-0.05, 0) is 71.9 Å². The van der Waals surface area contributed by atoms with Crippen molar-refractivity contribution in [3.05, 3.63) is 94.1 Å². The first-order chi connectivity index (χ1) is 18.4. The zero-order valence-electron chi connectivity index (χ0n) is 21.1. The van der Waals surface area contributed by atoms with Crippen molar-refractivity contribution in [3.8, 4) is 11.3 Å². The Labute approximate surface area is 223 Å². The van der Waals surface area contributed by atoms with Crippen LogP contribution in [0.1, 0.15) is 28.5 Å². The van der Waals surface area contributed by atoms with E-state index in [1.165, 1.54) is 23.7 Å². The number of H-pyrrole nitrogens is 1. The number of benzene rings is 3. The highest BCUT2D eigenvalue weighted by Crippen LogP contribution is 2.26. The van der Waals surface area contributed by atoms with Crippen LogP contribution in [0.25, 0.3) is 22.3 Å². The van der Waals surface area contributed by atoms with Crippen molar-refractivity contribution in [3.63, 3.8) is 0 Å². The molecule has 0 saturated heterocycles. The number of imidazole rings is 1. The number of aliphatic carboxylic acids is 1. The molecule has 9 heteroatoms. The first-order valence-corrected chi connectivity index (χ1v) is 13.2. The van der Waals surface area contributed by atoms with Gasteiger partial charge in [0, 0.05) is 22.5 Å². The molecule has 0 saturated carbocycles. The largest absolute Gasteiger partial charge is 0.480 e. The van der Waals surface area contributed by atoms with Gasteiger partial charge >= 0.3 is 5.97 Å². The number of nitrogens with zero attached hydrogens (tertiary/aromatic N) is 2. The lowest BCUT2D eigenvalue weighted by Crippen LogP contribution is -2.32. The molecule has 0 aliphatic rings. The molecular weight excluding hydrogens is 501 g/mol. The number of carboxylic acid groups (broad SMARTS) is 1. The Morgan fingerprint density at radius 2 is 1.92 bits per heavy atom. The van der Waals surface area contributed by atoms with E-state index in [1.54, 1.807) is 6.92 Å². The summed E-state index contributed by atoms with van der Waals surface area (Å²) in [5, 5.41) is 16.3. The molecule has 0 fully saturated rings. The lowest BCUT2D eigenvalue weighted by molar-refractivity contribution is -0.137. The average Bonchev–Trinajstić information content (AvgIpc) is 3.55. The number of fused-ring (bicyclic) bond motifs is 1. The van der Waals surface area contributed by atoms with E-state index >= 15 is 0 Å². The lowest BCUT2D eigenvalue weighted by Gasteiger charge is -2.20. The van der Waals surface area contributed by atoms with E-state index in [9.17, 15) is 14.3 Å². The Hall–Kier alpha value is -4.24. The molecule has 0 radical (unpaired) electrons. The number of aromatic nitrogens is 3. The number of carboxylic acids is 1. The fraction of sp³-hybridized carbons (Fsp3) is 0.207. The normalized spacial score (nSPS) is 12.0. The smallest absolute Gasteiger partial charge is 0.326 e. The molecule has 194 valence electrons. The van der Waals surface area contributed by atoms with Gasteiger partial charge in [-0.1, -0.05) is 43.3 Å². The van der Waals surface area contributed by atoms with Gasteiger partial charge in [0.1, 0.15) is 11.9 Å². The second kappa shape index (κ2) is 11.0. The average molecular weight is 530 g/mol. The SMILES string of the molecule is CCc1cc(F)cc(C)c1NC(Cc1ccc(-c2cc(CNc3nc4ccccc4[nH]3)sn2)cc1)C(=O)O. The molecule has 5 aromatic rings. The van der Waals surface area contributed by atoms with Gasteiger partial charge in [-0.2, -0.15) is 4.37 Å². The van der Waals surface area contributed by atoms with Crippen LogP contribution in [0.5, 0.6) is 0 Å². The first kappa shape index (κ1) is 25.4. The van der Waals surface area contributed by atoms with Crippen LogP contribution < -0.4 is 10.6 Å². The summed E-state index contributed by atoms with van der Waals surface area (Å²) in [5.74, 6) is -0.558. The van der Waals surface area contributed by atoms with Gasteiger partial charge < -0.3 is 20.7 Å². The molecule has 38 heavy (non-hydrogen) atoms. The van der Waals surface area contributed by atoms with Gasteiger partial charge in [-0.25, -0.2) is 14.2 Å². The minimum Gasteiger partial charge on any atom is -0.480 e. The highest BCUT2D eigenvalue weighted by atomic mass is 32.1. The topological polar surface area (TPSA) is 103 Å². The second-order valence-corrected chi connectivity index (χ2v) is 10.1.